The molecule has 19 nitrogen and oxygen atoms in total. The van der Waals surface area contributed by atoms with Crippen LogP contribution in [0.25, 0.3) is 55.6 Å². The molecule has 0 bridgehead atoms. The molecule has 0 atom stereocenters. The van der Waals surface area contributed by atoms with Gasteiger partial charge in [0.15, 0.2) is 0 Å². The maximum Gasteiger partial charge on any atom is 0.140 e. The van der Waals surface area contributed by atoms with Crippen LogP contribution in [0, 0.1) is 27.7 Å². The normalized spacial score (nSPS) is 10.9. The highest BCUT2D eigenvalue weighted by atomic mass is 35.5. The summed E-state index contributed by atoms with van der Waals surface area (Å²) in [6.45, 7) is 43.4. The number of benzene rings is 8. The number of nitrogens with zero attached hydrogens (tertiary/aromatic N) is 16. The minimum Gasteiger partial charge on any atom is -0.497 e. The Labute approximate surface area is 738 Å². The third kappa shape index (κ3) is 26.1. The number of hydrogen-bond acceptors (Lipinski definition) is 14. The molecule has 0 unspecified atom stereocenters. The SMILES string of the molecule is CC(C)c1nccn1-c1ccccc1.CC(C)c1nocc1-c1ccc(Cl)cc1.COc1ccc(-n2ccnc2C(C)C)cc1.COc1ccccc1Cn1ccnc1C(C)C.Cc1ccc(-c2c(C(C)C)ncn2C)cc1.Cc1ccccc1-c1scnc1C(C)C.Cc1nnc(C(C)C)n1-c1ccccc1.Cc1nnc(C(C)C)n1-c1ccccc1. The quantitative estimate of drug-likeness (QED) is 0.0744. The molecule has 16 rings (SSSR count). The van der Waals surface area contributed by atoms with Gasteiger partial charge in [-0.3, -0.25) is 9.13 Å². The van der Waals surface area contributed by atoms with Crippen molar-refractivity contribution in [3.63, 3.8) is 0 Å². The summed E-state index contributed by atoms with van der Waals surface area (Å²) in [4.78, 5) is 23.4. The predicted octanol–water partition coefficient (Wildman–Crippen LogP) is 26.3. The van der Waals surface area contributed by atoms with Crippen LogP contribution in [-0.2, 0) is 13.6 Å². The second-order valence-corrected chi connectivity index (χ2v) is 33.6. The van der Waals surface area contributed by atoms with Crippen molar-refractivity contribution in [3.8, 4) is 67.1 Å². The Balaban J connectivity index is 0.000000160. The number of rotatable bonds is 19. The van der Waals surface area contributed by atoms with Gasteiger partial charge in [-0.2, -0.15) is 0 Å². The van der Waals surface area contributed by atoms with Crippen LogP contribution in [0.3, 0.4) is 0 Å². The second kappa shape index (κ2) is 46.6. The fourth-order valence-corrected chi connectivity index (χ4v) is 14.8. The lowest BCUT2D eigenvalue weighted by molar-refractivity contribution is 0.408. The number of aryl methyl sites for hydroxylation is 5. The van der Waals surface area contributed by atoms with Crippen molar-refractivity contribution in [1.82, 2.24) is 77.9 Å². The van der Waals surface area contributed by atoms with Crippen molar-refractivity contribution in [2.75, 3.05) is 14.2 Å². The molecule has 0 aliphatic rings. The molecule has 0 amide bonds. The Morgan fingerprint density at radius 1 is 0.398 bits per heavy atom. The summed E-state index contributed by atoms with van der Waals surface area (Å²) in [5.74, 6) is 12.3. The third-order valence-corrected chi connectivity index (χ3v) is 21.1. The first-order valence-electron chi connectivity index (χ1n) is 42.2. The summed E-state index contributed by atoms with van der Waals surface area (Å²) in [6, 6.07) is 71.6. The van der Waals surface area contributed by atoms with Crippen LogP contribution < -0.4 is 9.47 Å². The van der Waals surface area contributed by atoms with E-state index in [4.69, 9.17) is 25.6 Å². The number of aromatic nitrogens is 16. The highest BCUT2D eigenvalue weighted by Gasteiger charge is 2.20. The Morgan fingerprint density at radius 2 is 0.854 bits per heavy atom. The molecule has 0 saturated carbocycles. The zero-order valence-corrected chi connectivity index (χ0v) is 77.5. The van der Waals surface area contributed by atoms with Gasteiger partial charge >= 0.3 is 0 Å². The maximum atomic E-state index is 5.84. The number of hydrogen-bond donors (Lipinski definition) is 0. The molecule has 0 N–H and O–H groups in total. The molecule has 0 aliphatic heterocycles. The first-order valence-corrected chi connectivity index (χ1v) is 43.5. The maximum absolute atomic E-state index is 5.84. The smallest absolute Gasteiger partial charge is 0.140 e. The van der Waals surface area contributed by atoms with Gasteiger partial charge in [0.25, 0.3) is 0 Å². The summed E-state index contributed by atoms with van der Waals surface area (Å²) in [5.41, 5.74) is 19.6. The van der Waals surface area contributed by atoms with Gasteiger partial charge in [-0.25, -0.2) is 24.9 Å². The van der Waals surface area contributed by atoms with E-state index in [9.17, 15) is 0 Å². The first kappa shape index (κ1) is 94.5. The standard InChI is InChI=1S/C14H18N2O.C14H18N2.C13H16N2O.C13H15NS.C12H12ClNO.2C12H15N3.C12H14N2/c1-11(2)14-15-8-9-16(14)10-12-6-4-5-7-13(12)17-3;1-10(2)13-14(16(4)9-15-13)12-7-5-11(3)6-8-12;1-10(2)13-14-8-9-15(13)11-4-6-12(16-3)7-5-11;1-9(2)12-13(15-8-14-12)11-7-5-4-6-10(11)3;1-8(2)12-11(7-15-14-12)9-3-5-10(13)6-4-9;2*1-9(2)12-14-13-10(3)15(12)11-7-5-4-6-8-11;1-10(2)12-13-8-9-14(12)11-6-4-3-5-7-11/h4-9,11H,10H2,1-3H3;5-10H,1-4H3;4-10H,1-3H3;4-9H,1-3H3;3-8H,1-2H3;2*4-9H,1-3H3;3-10H,1-2H3. The van der Waals surface area contributed by atoms with E-state index < -0.39 is 0 Å². The van der Waals surface area contributed by atoms with Gasteiger partial charge in [-0.15, -0.1) is 31.7 Å². The molecule has 0 radical (unpaired) electrons. The van der Waals surface area contributed by atoms with Crippen LogP contribution in [0.1, 0.15) is 233 Å². The number of halogens is 1. The van der Waals surface area contributed by atoms with Crippen molar-refractivity contribution in [3.05, 3.63) is 347 Å². The summed E-state index contributed by atoms with van der Waals surface area (Å²) < 4.78 is 28.2. The predicted molar refractivity (Wildman–Crippen MR) is 506 cm³/mol. The number of methoxy groups -OCH3 is 2. The number of ether oxygens (including phenoxy) is 2. The number of para-hydroxylation sites is 4. The van der Waals surface area contributed by atoms with Gasteiger partial charge in [0, 0.05) is 118 Å². The topological polar surface area (TPSA) is 190 Å². The molecular formula is C102H123ClN16O3S. The number of imidazole rings is 4. The molecule has 8 aromatic carbocycles. The minimum atomic E-state index is 0.356. The molecule has 8 aromatic heterocycles. The van der Waals surface area contributed by atoms with Crippen molar-refractivity contribution in [1.29, 1.82) is 0 Å². The zero-order chi connectivity index (χ0) is 88.8. The van der Waals surface area contributed by atoms with Crippen LogP contribution in [0.15, 0.2) is 272 Å². The lowest BCUT2D eigenvalue weighted by Gasteiger charge is -2.12. The molecule has 21 heteroatoms. The Bertz CT molecular complexity index is 5660. The average molecular weight is 1690 g/mol. The molecule has 0 saturated heterocycles. The van der Waals surface area contributed by atoms with E-state index in [1.54, 1.807) is 31.8 Å². The largest absolute Gasteiger partial charge is 0.497 e. The zero-order valence-electron chi connectivity index (χ0n) is 75.9. The van der Waals surface area contributed by atoms with Gasteiger partial charge in [0.1, 0.15) is 58.5 Å². The average Bonchev–Trinajstić information content (AvgIpc) is 1.70. The van der Waals surface area contributed by atoms with E-state index in [1.165, 1.54) is 55.5 Å². The molecule has 16 aromatic rings. The van der Waals surface area contributed by atoms with Crippen molar-refractivity contribution >= 4 is 22.9 Å². The summed E-state index contributed by atoms with van der Waals surface area (Å²) >= 11 is 7.57. The first-order chi connectivity index (χ1) is 59.1. The van der Waals surface area contributed by atoms with Crippen LogP contribution in [-0.4, -0.2) is 92.1 Å². The Morgan fingerprint density at radius 3 is 1.34 bits per heavy atom. The molecule has 0 spiro atoms. The fourth-order valence-electron chi connectivity index (χ4n) is 13.7. The highest BCUT2D eigenvalue weighted by Crippen LogP contribution is 2.35. The van der Waals surface area contributed by atoms with E-state index in [-0.39, 0.29) is 0 Å². The van der Waals surface area contributed by atoms with Crippen LogP contribution >= 0.6 is 22.9 Å². The monoisotopic (exact) mass is 1690 g/mol. The molecule has 0 aliphatic carbocycles. The molecule has 0 fully saturated rings. The lowest BCUT2D eigenvalue weighted by Crippen LogP contribution is -2.06. The Hall–Kier alpha value is -12.4. The van der Waals surface area contributed by atoms with E-state index in [0.29, 0.717) is 47.3 Å². The summed E-state index contributed by atoms with van der Waals surface area (Å²) in [5, 5.41) is 21.4. The van der Waals surface area contributed by atoms with Gasteiger partial charge in [0.05, 0.1) is 60.3 Å². The van der Waals surface area contributed by atoms with Crippen LogP contribution in [0.4, 0.5) is 0 Å². The van der Waals surface area contributed by atoms with Gasteiger partial charge in [0.2, 0.25) is 0 Å². The Kier molecular flexibility index (Phi) is 35.8. The van der Waals surface area contributed by atoms with E-state index >= 15 is 0 Å². The highest BCUT2D eigenvalue weighted by molar-refractivity contribution is 7.13. The fraction of sp³-hybridized carbons (Fsp3) is 0.314. The minimum absolute atomic E-state index is 0.356. The van der Waals surface area contributed by atoms with Crippen molar-refractivity contribution < 1.29 is 14.0 Å². The van der Waals surface area contributed by atoms with Crippen LogP contribution in [0.5, 0.6) is 11.5 Å². The van der Waals surface area contributed by atoms with Crippen molar-refractivity contribution in [2.24, 2.45) is 7.05 Å². The van der Waals surface area contributed by atoms with Crippen molar-refractivity contribution in [2.45, 2.75) is 192 Å². The van der Waals surface area contributed by atoms with Crippen LogP contribution in [0.2, 0.25) is 5.02 Å². The van der Waals surface area contributed by atoms with Gasteiger partial charge in [-0.1, -0.05) is 267 Å². The van der Waals surface area contributed by atoms with E-state index in [0.717, 1.165) is 97.7 Å². The van der Waals surface area contributed by atoms with Gasteiger partial charge in [-0.05, 0) is 141 Å². The van der Waals surface area contributed by atoms with Gasteiger partial charge < -0.3 is 32.3 Å². The van der Waals surface area contributed by atoms with E-state index in [2.05, 4.69) is 293 Å². The molecule has 123 heavy (non-hydrogen) atoms. The summed E-state index contributed by atoms with van der Waals surface area (Å²) in [6.07, 6.45) is 15.1. The lowest BCUT2D eigenvalue weighted by atomic mass is 10.0. The molecule has 642 valence electrons. The molecule has 8 heterocycles. The number of thiazole rings is 1. The third-order valence-electron chi connectivity index (χ3n) is 20.0. The second-order valence-electron chi connectivity index (χ2n) is 32.3. The van der Waals surface area contributed by atoms with E-state index in [1.807, 2.05) is 191 Å². The molecular weight excluding hydrogens is 1560 g/mol. The summed E-state index contributed by atoms with van der Waals surface area (Å²) in [7, 11) is 5.43.